The average molecular weight is 423 g/mol. The fourth-order valence-corrected chi connectivity index (χ4v) is 3.67. The van der Waals surface area contributed by atoms with Gasteiger partial charge in [-0.25, -0.2) is 0 Å². The van der Waals surface area contributed by atoms with Gasteiger partial charge in [0.15, 0.2) is 14.4 Å². The Balaban J connectivity index is 2.39. The SMILES string of the molecule is CC(=O)OC1C#CCCCCC#CC1=Cc1ccccc1CO[Si](C)(C)C(C)(C)C. The normalized spacial score (nSPS) is 18.6. The number of esters is 1. The van der Waals surface area contributed by atoms with Crippen molar-refractivity contribution < 1.29 is 14.0 Å². The molecule has 1 aliphatic rings. The number of hydrogen-bond donors (Lipinski definition) is 0. The van der Waals surface area contributed by atoms with Crippen LogP contribution in [0.4, 0.5) is 0 Å². The highest BCUT2D eigenvalue weighted by molar-refractivity contribution is 6.74. The Labute approximate surface area is 183 Å². The zero-order valence-electron chi connectivity index (χ0n) is 19.2. The summed E-state index contributed by atoms with van der Waals surface area (Å²) in [5.74, 6) is 12.3. The number of ether oxygens (including phenoxy) is 1. The van der Waals surface area contributed by atoms with Crippen LogP contribution in [0.3, 0.4) is 0 Å². The van der Waals surface area contributed by atoms with Gasteiger partial charge in [0, 0.05) is 19.8 Å². The van der Waals surface area contributed by atoms with Crippen molar-refractivity contribution in [1.29, 1.82) is 0 Å². The molecule has 0 saturated carbocycles. The van der Waals surface area contributed by atoms with Crippen LogP contribution in [0.15, 0.2) is 29.8 Å². The highest BCUT2D eigenvalue weighted by Crippen LogP contribution is 2.37. The predicted octanol–water partition coefficient (Wildman–Crippen LogP) is 6.10. The number of rotatable bonds is 5. The molecule has 1 aromatic carbocycles. The molecule has 0 aliphatic heterocycles. The minimum absolute atomic E-state index is 0.151. The van der Waals surface area contributed by atoms with Gasteiger partial charge in [0.25, 0.3) is 0 Å². The lowest BCUT2D eigenvalue weighted by atomic mass is 10.0. The molecule has 0 N–H and O–H groups in total. The van der Waals surface area contributed by atoms with Crippen LogP contribution in [0.2, 0.25) is 18.1 Å². The lowest BCUT2D eigenvalue weighted by Gasteiger charge is -2.36. The molecule has 0 bridgehead atoms. The molecule has 3 nitrogen and oxygen atoms in total. The lowest BCUT2D eigenvalue weighted by molar-refractivity contribution is -0.142. The van der Waals surface area contributed by atoms with Crippen molar-refractivity contribution in [3.63, 3.8) is 0 Å². The molecule has 1 atom stereocenters. The van der Waals surface area contributed by atoms with E-state index in [9.17, 15) is 4.79 Å². The monoisotopic (exact) mass is 422 g/mol. The summed E-state index contributed by atoms with van der Waals surface area (Å²) >= 11 is 0. The van der Waals surface area contributed by atoms with Gasteiger partial charge < -0.3 is 9.16 Å². The largest absolute Gasteiger partial charge is 0.444 e. The van der Waals surface area contributed by atoms with Crippen molar-refractivity contribution >= 4 is 20.4 Å². The van der Waals surface area contributed by atoms with E-state index in [0.29, 0.717) is 6.61 Å². The molecule has 4 heteroatoms. The lowest BCUT2D eigenvalue weighted by Crippen LogP contribution is -2.40. The molecule has 0 amide bonds. The van der Waals surface area contributed by atoms with E-state index in [-0.39, 0.29) is 11.0 Å². The second-order valence-corrected chi connectivity index (χ2v) is 14.0. The highest BCUT2D eigenvalue weighted by atomic mass is 28.4. The zero-order valence-corrected chi connectivity index (χ0v) is 20.2. The first kappa shape index (κ1) is 24.0. The number of carbonyl (C=O) groups is 1. The molecule has 0 aromatic heterocycles. The first-order valence-electron chi connectivity index (χ1n) is 10.7. The third-order valence-electron chi connectivity index (χ3n) is 5.65. The topological polar surface area (TPSA) is 35.5 Å². The van der Waals surface area contributed by atoms with Crippen molar-refractivity contribution in [3.05, 3.63) is 41.0 Å². The molecule has 0 heterocycles. The first-order valence-corrected chi connectivity index (χ1v) is 13.6. The third kappa shape index (κ3) is 7.20. The molecule has 2 rings (SSSR count). The van der Waals surface area contributed by atoms with Gasteiger partial charge in [0.1, 0.15) is 0 Å². The standard InChI is InChI=1S/C26H34O3Si/c1-21(27)29-25-18-12-10-8-7-9-11-16-23(25)19-22-15-13-14-17-24(22)20-28-30(5,6)26(2,3)4/h13-15,17,19,25H,7-10,20H2,1-6H3. The molecule has 0 fully saturated rings. The van der Waals surface area contributed by atoms with Gasteiger partial charge in [-0.3, -0.25) is 4.79 Å². The molecule has 160 valence electrons. The van der Waals surface area contributed by atoms with Crippen LogP contribution in [0, 0.1) is 23.7 Å². The van der Waals surface area contributed by atoms with Gasteiger partial charge in [-0.15, -0.1) is 0 Å². The van der Waals surface area contributed by atoms with E-state index in [0.717, 1.165) is 42.4 Å². The Morgan fingerprint density at radius 3 is 2.50 bits per heavy atom. The number of benzene rings is 1. The molecule has 0 saturated heterocycles. The average Bonchev–Trinajstić information content (AvgIpc) is 2.66. The second-order valence-electron chi connectivity index (χ2n) is 9.17. The molecular formula is C26H34O3Si. The van der Waals surface area contributed by atoms with Gasteiger partial charge in [-0.05, 0) is 48.2 Å². The Hall–Kier alpha value is -2.27. The van der Waals surface area contributed by atoms with Gasteiger partial charge >= 0.3 is 5.97 Å². The quantitative estimate of drug-likeness (QED) is 0.326. The Bertz CT molecular complexity index is 898. The van der Waals surface area contributed by atoms with Crippen LogP contribution in [-0.2, 0) is 20.6 Å². The fourth-order valence-electron chi connectivity index (χ4n) is 2.72. The maximum absolute atomic E-state index is 11.7. The summed E-state index contributed by atoms with van der Waals surface area (Å²) in [5, 5.41) is 0.151. The Morgan fingerprint density at radius 2 is 1.83 bits per heavy atom. The summed E-state index contributed by atoms with van der Waals surface area (Å²) in [6.07, 6.45) is 5.03. The van der Waals surface area contributed by atoms with Crippen molar-refractivity contribution in [2.24, 2.45) is 0 Å². The van der Waals surface area contributed by atoms with Gasteiger partial charge in [-0.2, -0.15) is 0 Å². The minimum atomic E-state index is -1.87. The summed E-state index contributed by atoms with van der Waals surface area (Å²) in [6.45, 7) is 13.2. The van der Waals surface area contributed by atoms with Gasteiger partial charge in [-0.1, -0.05) is 68.7 Å². The Kier molecular flexibility index (Phi) is 8.53. The molecule has 1 aromatic rings. The van der Waals surface area contributed by atoms with Crippen LogP contribution in [-0.4, -0.2) is 20.4 Å². The van der Waals surface area contributed by atoms with Crippen molar-refractivity contribution in [1.82, 2.24) is 0 Å². The summed E-state index contributed by atoms with van der Waals surface area (Å²) in [5.41, 5.74) is 2.85. The maximum Gasteiger partial charge on any atom is 0.304 e. The van der Waals surface area contributed by atoms with Crippen molar-refractivity contribution in [2.75, 3.05) is 0 Å². The maximum atomic E-state index is 11.7. The van der Waals surface area contributed by atoms with Crippen LogP contribution in [0.25, 0.3) is 6.08 Å². The van der Waals surface area contributed by atoms with Crippen molar-refractivity contribution in [2.45, 2.75) is 84.2 Å². The third-order valence-corrected chi connectivity index (χ3v) is 10.1. The zero-order chi connectivity index (χ0) is 22.2. The van der Waals surface area contributed by atoms with E-state index in [1.807, 2.05) is 18.2 Å². The summed E-state index contributed by atoms with van der Waals surface area (Å²) in [4.78, 5) is 11.7. The number of carbonyl (C=O) groups excluding carboxylic acids is 1. The Morgan fingerprint density at radius 1 is 1.17 bits per heavy atom. The van der Waals surface area contributed by atoms with Gasteiger partial charge in [0.05, 0.1) is 12.2 Å². The van der Waals surface area contributed by atoms with E-state index >= 15 is 0 Å². The summed E-state index contributed by atoms with van der Waals surface area (Å²) < 4.78 is 11.9. The van der Waals surface area contributed by atoms with Crippen LogP contribution in [0.5, 0.6) is 0 Å². The summed E-state index contributed by atoms with van der Waals surface area (Å²) in [7, 11) is -1.87. The van der Waals surface area contributed by atoms with E-state index < -0.39 is 14.4 Å². The van der Waals surface area contributed by atoms with E-state index in [4.69, 9.17) is 9.16 Å². The fraction of sp³-hybridized carbons (Fsp3) is 0.500. The van der Waals surface area contributed by atoms with Crippen LogP contribution < -0.4 is 0 Å². The van der Waals surface area contributed by atoms with Gasteiger partial charge in [0.2, 0.25) is 0 Å². The molecule has 1 unspecified atom stereocenters. The summed E-state index contributed by atoms with van der Waals surface area (Å²) in [6, 6.07) is 8.16. The van der Waals surface area contributed by atoms with Crippen LogP contribution in [0.1, 0.15) is 64.5 Å². The smallest absolute Gasteiger partial charge is 0.304 e. The molecule has 0 spiro atoms. The molecule has 1 aliphatic carbocycles. The minimum Gasteiger partial charge on any atom is -0.444 e. The highest BCUT2D eigenvalue weighted by Gasteiger charge is 2.37. The van der Waals surface area contributed by atoms with E-state index in [1.165, 1.54) is 6.92 Å². The molecule has 30 heavy (non-hydrogen) atoms. The second kappa shape index (κ2) is 10.7. The van der Waals surface area contributed by atoms with Crippen molar-refractivity contribution in [3.8, 4) is 23.7 Å². The predicted molar refractivity (Wildman–Crippen MR) is 126 cm³/mol. The van der Waals surface area contributed by atoms with E-state index in [1.54, 1.807) is 0 Å². The molecular weight excluding hydrogens is 388 g/mol. The first-order chi connectivity index (χ1) is 14.1. The molecule has 0 radical (unpaired) electrons. The van der Waals surface area contributed by atoms with E-state index in [2.05, 4.69) is 69.7 Å². The number of hydrogen-bond acceptors (Lipinski definition) is 3. The van der Waals surface area contributed by atoms with Crippen LogP contribution >= 0.6 is 0 Å².